The van der Waals surface area contributed by atoms with Crippen LogP contribution in [0.2, 0.25) is 0 Å². The van der Waals surface area contributed by atoms with Gasteiger partial charge in [-0.2, -0.15) is 0 Å². The Balaban J connectivity index is 1.22. The van der Waals surface area contributed by atoms with Crippen molar-refractivity contribution >= 4 is 77.0 Å². The number of nitrogens with one attached hydrogen (secondary N) is 4. The second-order valence-corrected chi connectivity index (χ2v) is 21.1. The molecule has 59 heavy (non-hydrogen) atoms. The van der Waals surface area contributed by atoms with Gasteiger partial charge in [-0.05, 0) is 85.3 Å². The molecule has 0 radical (unpaired) electrons. The molecule has 5 atom stereocenters. The van der Waals surface area contributed by atoms with Crippen LogP contribution in [0, 0.1) is 17.3 Å². The first-order chi connectivity index (χ1) is 27.8. The number of hydrogen-bond donors (Lipinski definition) is 4. The van der Waals surface area contributed by atoms with E-state index in [9.17, 15) is 27.6 Å². The number of carbonyl (C=O) groups excluding carboxylic acids is 4. The molecule has 7 rings (SSSR count). The van der Waals surface area contributed by atoms with Crippen molar-refractivity contribution in [3.63, 3.8) is 0 Å². The molecule has 1 saturated heterocycles. The van der Waals surface area contributed by atoms with Crippen LogP contribution >= 0.6 is 27.3 Å². The molecule has 3 saturated carbocycles. The number of amides is 4. The molecule has 4 fully saturated rings. The number of ether oxygens (including phenoxy) is 2. The highest BCUT2D eigenvalue weighted by molar-refractivity contribution is 9.10. The van der Waals surface area contributed by atoms with Gasteiger partial charge in [-0.25, -0.2) is 18.4 Å². The number of likely N-dealkylation sites (tertiary alicyclic amines) is 1. The van der Waals surface area contributed by atoms with E-state index in [0.717, 1.165) is 18.0 Å². The number of methoxy groups -OCH3 is 1. The highest BCUT2D eigenvalue weighted by Crippen LogP contribution is 2.46. The topological polar surface area (TPSA) is 198 Å². The summed E-state index contributed by atoms with van der Waals surface area (Å²) in [6.45, 7) is 13.4. The summed E-state index contributed by atoms with van der Waals surface area (Å²) in [6, 6.07) is 3.43. The Hall–Kier alpha value is -4.29. The van der Waals surface area contributed by atoms with E-state index in [2.05, 4.69) is 43.2 Å². The summed E-state index contributed by atoms with van der Waals surface area (Å²) in [6.07, 6.45) is 4.10. The van der Waals surface area contributed by atoms with Crippen LogP contribution in [-0.2, 0) is 29.2 Å². The number of hydrogen-bond acceptors (Lipinski definition) is 12. The van der Waals surface area contributed by atoms with Gasteiger partial charge in [-0.3, -0.25) is 23.9 Å². The monoisotopic (exact) mass is 913 g/mol. The maximum absolute atomic E-state index is 14.8. The Morgan fingerprint density at radius 3 is 2.44 bits per heavy atom. The lowest BCUT2D eigenvalue weighted by atomic mass is 9.85. The normalized spacial score (nSPS) is 23.4. The first-order valence-corrected chi connectivity index (χ1v) is 23.2. The number of halogens is 1. The Bertz CT molecular complexity index is 2290. The zero-order valence-corrected chi connectivity index (χ0v) is 37.3. The third-order valence-corrected chi connectivity index (χ3v) is 14.6. The standard InChI is InChI=1S/C41H52BrN7O8S2/c1-8-23-18-41(23,38(53)48-59(54,55)25-11-12-25)47-36(51)29-16-24(19-49(29)37(52)35(40(4,5)6)46-32(50)15-22-9-10-22)57-31-17-27(28-20-58-39(45-28)43-21(2)3)44-34-26(31)13-14-30(56-7)33(34)42/h8,13-14,17,20-25,29,35H,1,9-12,15-16,18-19H2,2-7H3,(H,43,45)(H,46,50)(H,47,51)(H,48,53)/t23-,24-,29+,35-,41-/m1/s1. The summed E-state index contributed by atoms with van der Waals surface area (Å²) in [4.78, 5) is 67.2. The van der Waals surface area contributed by atoms with Crippen molar-refractivity contribution in [3.05, 3.63) is 40.7 Å². The van der Waals surface area contributed by atoms with Gasteiger partial charge in [0.05, 0.1) is 34.6 Å². The average Bonchev–Trinajstić information content (AvgIpc) is 4.12. The number of pyridine rings is 1. The first kappa shape index (κ1) is 42.8. The van der Waals surface area contributed by atoms with E-state index in [-0.39, 0.29) is 31.3 Å². The zero-order chi connectivity index (χ0) is 42.6. The molecule has 318 valence electrons. The highest BCUT2D eigenvalue weighted by atomic mass is 79.9. The largest absolute Gasteiger partial charge is 0.495 e. The molecule has 0 bridgehead atoms. The predicted molar refractivity (Wildman–Crippen MR) is 228 cm³/mol. The van der Waals surface area contributed by atoms with Crippen molar-refractivity contribution in [1.29, 1.82) is 0 Å². The van der Waals surface area contributed by atoms with Crippen molar-refractivity contribution < 1.29 is 37.1 Å². The summed E-state index contributed by atoms with van der Waals surface area (Å²) in [5, 5.41) is 11.7. The number of aromatic nitrogens is 2. The number of thiazole rings is 1. The number of fused-ring (bicyclic) bond motifs is 1. The van der Waals surface area contributed by atoms with Crippen molar-refractivity contribution in [2.75, 3.05) is 19.0 Å². The molecule has 15 nitrogen and oxygen atoms in total. The van der Waals surface area contributed by atoms with Crippen molar-refractivity contribution in [2.45, 2.75) is 115 Å². The SMILES string of the molecule is C=C[C@@H]1C[C@]1(NC(=O)[C@@H]1C[C@@H](Oc2cc(-c3csc(NC(C)C)n3)nc3c(Br)c(OC)ccc23)CN1C(=O)[C@@H](NC(=O)CC1CC1)C(C)(C)C)C(=O)NS(=O)(=O)C1CC1. The van der Waals surface area contributed by atoms with Crippen LogP contribution in [0.5, 0.6) is 11.5 Å². The van der Waals surface area contributed by atoms with Gasteiger partial charge in [-0.15, -0.1) is 17.9 Å². The van der Waals surface area contributed by atoms with Gasteiger partial charge in [0.25, 0.3) is 5.91 Å². The molecule has 0 unspecified atom stereocenters. The molecule has 1 aromatic carbocycles. The minimum atomic E-state index is -3.91. The quantitative estimate of drug-likeness (QED) is 0.136. The predicted octanol–water partition coefficient (Wildman–Crippen LogP) is 5.30. The molecule has 4 N–H and O–H groups in total. The Kier molecular flexibility index (Phi) is 11.8. The van der Waals surface area contributed by atoms with Gasteiger partial charge >= 0.3 is 0 Å². The molecule has 3 heterocycles. The lowest BCUT2D eigenvalue weighted by molar-refractivity contribution is -0.144. The first-order valence-electron chi connectivity index (χ1n) is 20.0. The van der Waals surface area contributed by atoms with Crippen LogP contribution in [0.3, 0.4) is 0 Å². The summed E-state index contributed by atoms with van der Waals surface area (Å²) in [5.41, 5.74) is -0.609. The number of carbonyl (C=O) groups is 4. The molecular weight excluding hydrogens is 863 g/mol. The molecule has 3 aliphatic carbocycles. The van der Waals surface area contributed by atoms with Crippen LogP contribution in [0.1, 0.15) is 79.6 Å². The lowest BCUT2D eigenvalue weighted by Gasteiger charge is -2.35. The van der Waals surface area contributed by atoms with Gasteiger partial charge in [-0.1, -0.05) is 26.8 Å². The molecular formula is C41H52BrN7O8S2. The van der Waals surface area contributed by atoms with E-state index in [1.807, 2.05) is 46.1 Å². The maximum atomic E-state index is 14.8. The van der Waals surface area contributed by atoms with Gasteiger partial charge in [0.1, 0.15) is 40.9 Å². The van der Waals surface area contributed by atoms with Crippen LogP contribution in [0.25, 0.3) is 22.3 Å². The number of benzene rings is 1. The Labute approximate surface area is 357 Å². The second kappa shape index (κ2) is 16.3. The van der Waals surface area contributed by atoms with Crippen molar-refractivity contribution in [2.24, 2.45) is 17.3 Å². The van der Waals surface area contributed by atoms with E-state index in [4.69, 9.17) is 19.4 Å². The third kappa shape index (κ3) is 9.23. The molecule has 2 aromatic heterocycles. The highest BCUT2D eigenvalue weighted by Gasteiger charge is 2.62. The molecule has 4 amide bonds. The second-order valence-electron chi connectivity index (χ2n) is 17.5. The smallest absolute Gasteiger partial charge is 0.259 e. The number of rotatable bonds is 16. The average molecular weight is 915 g/mol. The zero-order valence-electron chi connectivity index (χ0n) is 34.1. The Morgan fingerprint density at radius 2 is 1.83 bits per heavy atom. The minimum Gasteiger partial charge on any atom is -0.495 e. The molecule has 18 heteroatoms. The van der Waals surface area contributed by atoms with Crippen molar-refractivity contribution in [3.8, 4) is 22.9 Å². The molecule has 4 aliphatic rings. The lowest BCUT2D eigenvalue weighted by Crippen LogP contribution is -2.60. The van der Waals surface area contributed by atoms with E-state index >= 15 is 0 Å². The maximum Gasteiger partial charge on any atom is 0.259 e. The van der Waals surface area contributed by atoms with E-state index in [0.29, 0.717) is 63.4 Å². The van der Waals surface area contributed by atoms with Gasteiger partial charge in [0, 0.05) is 41.6 Å². The van der Waals surface area contributed by atoms with E-state index < -0.39 is 68.1 Å². The fourth-order valence-electron chi connectivity index (χ4n) is 7.49. The van der Waals surface area contributed by atoms with Crippen LogP contribution in [-0.4, -0.2) is 95.6 Å². The Morgan fingerprint density at radius 1 is 1.10 bits per heavy atom. The fourth-order valence-corrected chi connectivity index (χ4v) is 10.3. The van der Waals surface area contributed by atoms with Crippen molar-refractivity contribution in [1.82, 2.24) is 30.2 Å². The van der Waals surface area contributed by atoms with Crippen LogP contribution in [0.15, 0.2) is 40.7 Å². The summed E-state index contributed by atoms with van der Waals surface area (Å²) in [5.74, 6) is -1.45. The number of nitrogens with zero attached hydrogens (tertiary/aromatic N) is 3. The molecule has 1 aliphatic heterocycles. The summed E-state index contributed by atoms with van der Waals surface area (Å²) in [7, 11) is -2.35. The summed E-state index contributed by atoms with van der Waals surface area (Å²) < 4.78 is 40.8. The number of anilines is 1. The van der Waals surface area contributed by atoms with Gasteiger partial charge < -0.3 is 30.3 Å². The van der Waals surface area contributed by atoms with Crippen LogP contribution in [0.4, 0.5) is 5.13 Å². The van der Waals surface area contributed by atoms with Gasteiger partial charge in [0.2, 0.25) is 27.7 Å². The minimum absolute atomic E-state index is 0.0247. The van der Waals surface area contributed by atoms with E-state index in [1.165, 1.54) is 22.3 Å². The van der Waals surface area contributed by atoms with E-state index in [1.54, 1.807) is 19.2 Å². The molecule has 3 aromatic rings. The van der Waals surface area contributed by atoms with Crippen LogP contribution < -0.4 is 30.1 Å². The summed E-state index contributed by atoms with van der Waals surface area (Å²) >= 11 is 5.10. The third-order valence-electron chi connectivity index (χ3n) is 11.2. The fraction of sp³-hybridized carbons (Fsp3) is 0.561. The number of sulfonamides is 1. The van der Waals surface area contributed by atoms with Gasteiger partial charge in [0.15, 0.2) is 5.13 Å². The molecule has 0 spiro atoms.